The van der Waals surface area contributed by atoms with Crippen molar-refractivity contribution in [3.8, 4) is 0 Å². The molecule has 0 radical (unpaired) electrons. The lowest BCUT2D eigenvalue weighted by atomic mass is 9.75. The van der Waals surface area contributed by atoms with E-state index in [1.807, 2.05) is 0 Å². The van der Waals surface area contributed by atoms with Gasteiger partial charge < -0.3 is 10.1 Å². The molecule has 3 rings (SSSR count). The molecule has 2 heteroatoms. The van der Waals surface area contributed by atoms with Crippen LogP contribution in [-0.4, -0.2) is 24.8 Å². The molecule has 0 aliphatic carbocycles. The Bertz CT molecular complexity index is 194. The van der Waals surface area contributed by atoms with E-state index < -0.39 is 0 Å². The van der Waals surface area contributed by atoms with Crippen molar-refractivity contribution >= 4 is 0 Å². The van der Waals surface area contributed by atoms with Crippen molar-refractivity contribution in [3.63, 3.8) is 0 Å². The van der Waals surface area contributed by atoms with Gasteiger partial charge in [-0.15, -0.1) is 0 Å². The SMILES string of the molecule is C[C@@]12CC[C@@H](O1)[C@H]1CNC[C@@H]12. The van der Waals surface area contributed by atoms with Crippen molar-refractivity contribution in [2.75, 3.05) is 13.1 Å². The molecule has 2 nitrogen and oxygen atoms in total. The molecular formula is C9H15NO. The molecule has 1 N–H and O–H groups in total. The van der Waals surface area contributed by atoms with Gasteiger partial charge >= 0.3 is 0 Å². The first-order valence-electron chi connectivity index (χ1n) is 4.68. The van der Waals surface area contributed by atoms with Gasteiger partial charge in [0.15, 0.2) is 0 Å². The average molecular weight is 153 g/mol. The molecule has 0 aromatic rings. The molecule has 3 fully saturated rings. The Morgan fingerprint density at radius 2 is 2.36 bits per heavy atom. The highest BCUT2D eigenvalue weighted by atomic mass is 16.5. The summed E-state index contributed by atoms with van der Waals surface area (Å²) in [6.45, 7) is 4.69. The Hall–Kier alpha value is -0.0800. The minimum Gasteiger partial charge on any atom is -0.371 e. The molecule has 0 aromatic heterocycles. The molecule has 0 aromatic carbocycles. The van der Waals surface area contributed by atoms with E-state index >= 15 is 0 Å². The zero-order valence-electron chi connectivity index (χ0n) is 6.97. The molecular weight excluding hydrogens is 138 g/mol. The number of ether oxygens (including phenoxy) is 1. The van der Waals surface area contributed by atoms with Crippen LogP contribution in [-0.2, 0) is 4.74 Å². The monoisotopic (exact) mass is 153 g/mol. The molecule has 11 heavy (non-hydrogen) atoms. The summed E-state index contributed by atoms with van der Waals surface area (Å²) >= 11 is 0. The van der Waals surface area contributed by atoms with E-state index in [1.165, 1.54) is 25.9 Å². The lowest BCUT2D eigenvalue weighted by Crippen LogP contribution is -2.34. The van der Waals surface area contributed by atoms with Crippen LogP contribution in [0.5, 0.6) is 0 Å². The van der Waals surface area contributed by atoms with Crippen molar-refractivity contribution in [2.45, 2.75) is 31.5 Å². The summed E-state index contributed by atoms with van der Waals surface area (Å²) < 4.78 is 5.99. The second-order valence-corrected chi connectivity index (χ2v) is 4.44. The van der Waals surface area contributed by atoms with Gasteiger partial charge in [0.05, 0.1) is 11.7 Å². The number of hydrogen-bond acceptors (Lipinski definition) is 2. The third kappa shape index (κ3) is 0.651. The van der Waals surface area contributed by atoms with Crippen LogP contribution >= 0.6 is 0 Å². The maximum atomic E-state index is 5.99. The molecule has 3 aliphatic heterocycles. The largest absolute Gasteiger partial charge is 0.371 e. The van der Waals surface area contributed by atoms with Crippen LogP contribution in [0.2, 0.25) is 0 Å². The zero-order chi connectivity index (χ0) is 7.47. The molecule has 0 spiro atoms. The minimum atomic E-state index is 0.249. The van der Waals surface area contributed by atoms with E-state index in [4.69, 9.17) is 4.74 Å². The second-order valence-electron chi connectivity index (χ2n) is 4.44. The Balaban J connectivity index is 1.98. The highest BCUT2D eigenvalue weighted by molar-refractivity contribution is 5.08. The lowest BCUT2D eigenvalue weighted by Gasteiger charge is -2.27. The Morgan fingerprint density at radius 1 is 1.45 bits per heavy atom. The highest BCUT2D eigenvalue weighted by Crippen LogP contribution is 2.52. The summed E-state index contributed by atoms with van der Waals surface area (Å²) in [6, 6.07) is 0. The van der Waals surface area contributed by atoms with Crippen LogP contribution in [0.3, 0.4) is 0 Å². The second kappa shape index (κ2) is 1.80. The first kappa shape index (κ1) is 6.44. The Kier molecular flexibility index (Phi) is 1.06. The van der Waals surface area contributed by atoms with E-state index in [0.717, 1.165) is 11.8 Å². The fraction of sp³-hybridized carbons (Fsp3) is 1.00. The topological polar surface area (TPSA) is 21.3 Å². The first-order valence-corrected chi connectivity index (χ1v) is 4.68. The van der Waals surface area contributed by atoms with Gasteiger partial charge in [0, 0.05) is 24.9 Å². The quantitative estimate of drug-likeness (QED) is 0.555. The Labute approximate surface area is 67.3 Å². The number of fused-ring (bicyclic) bond motifs is 5. The average Bonchev–Trinajstić information content (AvgIpc) is 2.53. The van der Waals surface area contributed by atoms with Crippen LogP contribution in [0.15, 0.2) is 0 Å². The van der Waals surface area contributed by atoms with Gasteiger partial charge in [-0.1, -0.05) is 0 Å². The summed E-state index contributed by atoms with van der Waals surface area (Å²) in [4.78, 5) is 0. The highest BCUT2D eigenvalue weighted by Gasteiger charge is 2.57. The van der Waals surface area contributed by atoms with E-state index in [9.17, 15) is 0 Å². The smallest absolute Gasteiger partial charge is 0.0703 e. The van der Waals surface area contributed by atoms with E-state index in [1.54, 1.807) is 0 Å². The lowest BCUT2D eigenvalue weighted by molar-refractivity contribution is 0.00527. The Morgan fingerprint density at radius 3 is 3.18 bits per heavy atom. The van der Waals surface area contributed by atoms with Gasteiger partial charge in [-0.3, -0.25) is 0 Å². The summed E-state index contributed by atoms with van der Waals surface area (Å²) in [5.41, 5.74) is 0.249. The molecule has 0 amide bonds. The zero-order valence-corrected chi connectivity index (χ0v) is 6.97. The first-order chi connectivity index (χ1) is 5.30. The van der Waals surface area contributed by atoms with Crippen molar-refractivity contribution in [3.05, 3.63) is 0 Å². The number of rotatable bonds is 0. The van der Waals surface area contributed by atoms with Crippen molar-refractivity contribution in [2.24, 2.45) is 11.8 Å². The van der Waals surface area contributed by atoms with Crippen LogP contribution in [0.1, 0.15) is 19.8 Å². The third-order valence-corrected chi connectivity index (χ3v) is 3.87. The molecule has 4 atom stereocenters. The number of nitrogens with one attached hydrogen (secondary N) is 1. The van der Waals surface area contributed by atoms with Gasteiger partial charge in [-0.2, -0.15) is 0 Å². The standard InChI is InChI=1S/C9H15NO/c1-9-3-2-8(11-9)6-4-10-5-7(6)9/h6-8,10H,2-5H2,1H3/t6-,7-,8+,9-/m0/s1. The van der Waals surface area contributed by atoms with E-state index in [2.05, 4.69) is 12.2 Å². The predicted octanol–water partition coefficient (Wildman–Crippen LogP) is 0.773. The van der Waals surface area contributed by atoms with E-state index in [0.29, 0.717) is 6.10 Å². The summed E-state index contributed by atoms with van der Waals surface area (Å²) in [7, 11) is 0. The van der Waals surface area contributed by atoms with Gasteiger partial charge in [0.2, 0.25) is 0 Å². The van der Waals surface area contributed by atoms with Gasteiger partial charge in [-0.05, 0) is 19.8 Å². The summed E-state index contributed by atoms with van der Waals surface area (Å²) in [5.74, 6) is 1.66. The van der Waals surface area contributed by atoms with Crippen LogP contribution < -0.4 is 5.32 Å². The maximum absolute atomic E-state index is 5.99. The number of hydrogen-bond donors (Lipinski definition) is 1. The van der Waals surface area contributed by atoms with Crippen LogP contribution in [0, 0.1) is 11.8 Å². The summed E-state index contributed by atoms with van der Waals surface area (Å²) in [6.07, 6.45) is 3.19. The van der Waals surface area contributed by atoms with Crippen molar-refractivity contribution in [1.29, 1.82) is 0 Å². The maximum Gasteiger partial charge on any atom is 0.0703 e. The molecule has 0 unspecified atom stereocenters. The normalized spacial score (nSPS) is 60.3. The molecule has 3 saturated heterocycles. The summed E-state index contributed by atoms with van der Waals surface area (Å²) in [5, 5.41) is 3.47. The molecule has 2 bridgehead atoms. The van der Waals surface area contributed by atoms with Gasteiger partial charge in [0.1, 0.15) is 0 Å². The van der Waals surface area contributed by atoms with Crippen LogP contribution in [0.25, 0.3) is 0 Å². The molecule has 3 heterocycles. The fourth-order valence-corrected chi connectivity index (χ4v) is 3.23. The predicted molar refractivity (Wildman–Crippen MR) is 42.4 cm³/mol. The third-order valence-electron chi connectivity index (χ3n) is 3.87. The fourth-order valence-electron chi connectivity index (χ4n) is 3.23. The molecule has 3 aliphatic rings. The van der Waals surface area contributed by atoms with Crippen LogP contribution in [0.4, 0.5) is 0 Å². The van der Waals surface area contributed by atoms with Gasteiger partial charge in [0.25, 0.3) is 0 Å². The van der Waals surface area contributed by atoms with E-state index in [-0.39, 0.29) is 5.60 Å². The minimum absolute atomic E-state index is 0.249. The molecule has 62 valence electrons. The molecule has 0 saturated carbocycles. The van der Waals surface area contributed by atoms with Crippen molar-refractivity contribution < 1.29 is 4.74 Å². The van der Waals surface area contributed by atoms with Crippen molar-refractivity contribution in [1.82, 2.24) is 5.32 Å². The van der Waals surface area contributed by atoms with Gasteiger partial charge in [-0.25, -0.2) is 0 Å².